The number of sulfone groups is 1. The Morgan fingerprint density at radius 3 is 2.65 bits per heavy atom. The van der Waals surface area contributed by atoms with E-state index in [2.05, 4.69) is 10.3 Å². The van der Waals surface area contributed by atoms with Gasteiger partial charge < -0.3 is 9.88 Å². The standard InChI is InChI=1S/C16H21N3O3S/c1-13(23(2,21)22)16(20)18-9-8-15-17-10-11-19(15)12-14-6-4-3-5-7-14/h3-7,10-11,13H,8-9,12H2,1-2H3,(H,18,20)/t13-/m1/s1. The molecule has 6 nitrogen and oxygen atoms in total. The van der Waals surface area contributed by atoms with Gasteiger partial charge in [0.15, 0.2) is 9.84 Å². The molecule has 0 saturated carbocycles. The number of carbonyl (C=O) groups excluding carboxylic acids is 1. The molecule has 0 fully saturated rings. The molecule has 1 aromatic heterocycles. The fourth-order valence-corrected chi connectivity index (χ4v) is 2.60. The van der Waals surface area contributed by atoms with Crippen LogP contribution in [0.2, 0.25) is 0 Å². The average Bonchev–Trinajstić information content (AvgIpc) is 2.93. The van der Waals surface area contributed by atoms with Gasteiger partial charge in [0.05, 0.1) is 0 Å². The Morgan fingerprint density at radius 1 is 1.30 bits per heavy atom. The second-order valence-corrected chi connectivity index (χ2v) is 7.84. The second-order valence-electron chi connectivity index (χ2n) is 5.47. The van der Waals surface area contributed by atoms with Crippen molar-refractivity contribution in [2.24, 2.45) is 0 Å². The number of imidazole rings is 1. The molecule has 2 aromatic rings. The normalized spacial score (nSPS) is 12.8. The van der Waals surface area contributed by atoms with Crippen LogP contribution in [0.4, 0.5) is 0 Å². The van der Waals surface area contributed by atoms with Gasteiger partial charge >= 0.3 is 0 Å². The fraction of sp³-hybridized carbons (Fsp3) is 0.375. The van der Waals surface area contributed by atoms with E-state index in [1.807, 2.05) is 41.1 Å². The molecule has 124 valence electrons. The maximum absolute atomic E-state index is 11.8. The van der Waals surface area contributed by atoms with Gasteiger partial charge in [-0.25, -0.2) is 13.4 Å². The summed E-state index contributed by atoms with van der Waals surface area (Å²) in [5.74, 6) is 0.370. The van der Waals surface area contributed by atoms with Crippen molar-refractivity contribution in [3.05, 3.63) is 54.1 Å². The number of aromatic nitrogens is 2. The SMILES string of the molecule is C[C@H](C(=O)NCCc1nccn1Cc1ccccc1)S(C)(=O)=O. The molecule has 0 unspecified atom stereocenters. The van der Waals surface area contributed by atoms with Crippen molar-refractivity contribution in [1.82, 2.24) is 14.9 Å². The number of benzene rings is 1. The molecule has 0 radical (unpaired) electrons. The minimum atomic E-state index is -3.37. The van der Waals surface area contributed by atoms with Crippen LogP contribution in [-0.4, -0.2) is 41.9 Å². The lowest BCUT2D eigenvalue weighted by Gasteiger charge is -2.11. The predicted octanol–water partition coefficient (Wildman–Crippen LogP) is 1.02. The van der Waals surface area contributed by atoms with E-state index in [9.17, 15) is 13.2 Å². The van der Waals surface area contributed by atoms with E-state index in [-0.39, 0.29) is 0 Å². The van der Waals surface area contributed by atoms with Gasteiger partial charge in [-0.05, 0) is 12.5 Å². The molecule has 1 amide bonds. The van der Waals surface area contributed by atoms with Crippen LogP contribution in [0.3, 0.4) is 0 Å². The minimum absolute atomic E-state index is 0.352. The summed E-state index contributed by atoms with van der Waals surface area (Å²) in [5, 5.41) is 1.61. The van der Waals surface area contributed by atoms with Crippen LogP contribution in [0.5, 0.6) is 0 Å². The lowest BCUT2D eigenvalue weighted by Crippen LogP contribution is -2.38. The molecule has 2 rings (SSSR count). The molecule has 0 aliphatic rings. The molecule has 0 aliphatic carbocycles. The third-order valence-electron chi connectivity index (χ3n) is 3.66. The largest absolute Gasteiger partial charge is 0.355 e. The number of rotatable bonds is 7. The van der Waals surface area contributed by atoms with Crippen LogP contribution in [0.15, 0.2) is 42.7 Å². The molecule has 1 atom stereocenters. The number of nitrogens with zero attached hydrogens (tertiary/aromatic N) is 2. The first-order chi connectivity index (χ1) is 10.9. The van der Waals surface area contributed by atoms with Crippen molar-refractivity contribution in [3.8, 4) is 0 Å². The molecule has 23 heavy (non-hydrogen) atoms. The Labute approximate surface area is 136 Å². The molecule has 0 spiro atoms. The van der Waals surface area contributed by atoms with Crippen LogP contribution < -0.4 is 5.32 Å². The number of hydrogen-bond acceptors (Lipinski definition) is 4. The molecule has 7 heteroatoms. The second kappa shape index (κ2) is 7.41. The highest BCUT2D eigenvalue weighted by Gasteiger charge is 2.22. The Morgan fingerprint density at radius 2 is 2.00 bits per heavy atom. The van der Waals surface area contributed by atoms with Gasteiger partial charge in [0, 0.05) is 38.2 Å². The Hall–Kier alpha value is -2.15. The van der Waals surface area contributed by atoms with Crippen molar-refractivity contribution < 1.29 is 13.2 Å². The number of nitrogens with one attached hydrogen (secondary N) is 1. The van der Waals surface area contributed by atoms with E-state index in [0.717, 1.165) is 12.1 Å². The molecule has 1 aromatic carbocycles. The highest BCUT2D eigenvalue weighted by atomic mass is 32.2. The summed E-state index contributed by atoms with van der Waals surface area (Å²) in [5.41, 5.74) is 1.17. The summed E-state index contributed by atoms with van der Waals surface area (Å²) < 4.78 is 24.7. The van der Waals surface area contributed by atoms with Crippen LogP contribution in [0.1, 0.15) is 18.3 Å². The quantitative estimate of drug-likeness (QED) is 0.819. The first kappa shape index (κ1) is 17.2. The maximum Gasteiger partial charge on any atom is 0.238 e. The van der Waals surface area contributed by atoms with Gasteiger partial charge in [-0.3, -0.25) is 4.79 Å². The predicted molar refractivity (Wildman–Crippen MR) is 88.8 cm³/mol. The summed E-state index contributed by atoms with van der Waals surface area (Å²) >= 11 is 0. The maximum atomic E-state index is 11.8. The summed E-state index contributed by atoms with van der Waals surface area (Å²) in [7, 11) is -3.37. The van der Waals surface area contributed by atoms with Crippen molar-refractivity contribution >= 4 is 15.7 Å². The zero-order valence-electron chi connectivity index (χ0n) is 13.3. The molecule has 0 bridgehead atoms. The summed E-state index contributed by atoms with van der Waals surface area (Å²) in [4.78, 5) is 16.1. The Kier molecular flexibility index (Phi) is 5.54. The van der Waals surface area contributed by atoms with Gasteiger partial charge in [0.25, 0.3) is 0 Å². The third kappa shape index (κ3) is 4.92. The van der Waals surface area contributed by atoms with E-state index in [0.29, 0.717) is 19.5 Å². The van der Waals surface area contributed by atoms with Gasteiger partial charge in [-0.2, -0.15) is 0 Å². The molecule has 1 N–H and O–H groups in total. The molecule has 0 aliphatic heterocycles. The molecule has 0 saturated heterocycles. The van der Waals surface area contributed by atoms with E-state index < -0.39 is 21.0 Å². The highest BCUT2D eigenvalue weighted by molar-refractivity contribution is 7.92. The third-order valence-corrected chi connectivity index (χ3v) is 5.16. The minimum Gasteiger partial charge on any atom is -0.355 e. The topological polar surface area (TPSA) is 81.1 Å². The zero-order chi connectivity index (χ0) is 16.9. The van der Waals surface area contributed by atoms with Crippen molar-refractivity contribution in [1.29, 1.82) is 0 Å². The summed E-state index contributed by atoms with van der Waals surface area (Å²) in [6.45, 7) is 2.45. The van der Waals surface area contributed by atoms with Crippen molar-refractivity contribution in [2.75, 3.05) is 12.8 Å². The van der Waals surface area contributed by atoms with Crippen molar-refractivity contribution in [2.45, 2.75) is 25.1 Å². The fourth-order valence-electron chi connectivity index (χ4n) is 2.13. The van der Waals surface area contributed by atoms with Gasteiger partial charge in [0.1, 0.15) is 11.1 Å². The van der Waals surface area contributed by atoms with Gasteiger partial charge in [0.2, 0.25) is 5.91 Å². The van der Waals surface area contributed by atoms with Crippen molar-refractivity contribution in [3.63, 3.8) is 0 Å². The Bertz CT molecular complexity index is 754. The first-order valence-corrected chi connectivity index (χ1v) is 9.34. The van der Waals surface area contributed by atoms with E-state index in [1.54, 1.807) is 6.20 Å². The average molecular weight is 335 g/mol. The van der Waals surface area contributed by atoms with Crippen LogP contribution in [-0.2, 0) is 27.6 Å². The Balaban J connectivity index is 1.90. The number of carbonyl (C=O) groups is 1. The monoisotopic (exact) mass is 335 g/mol. The highest BCUT2D eigenvalue weighted by Crippen LogP contribution is 2.06. The lowest BCUT2D eigenvalue weighted by molar-refractivity contribution is -0.120. The van der Waals surface area contributed by atoms with Gasteiger partial charge in [-0.1, -0.05) is 30.3 Å². The molecular weight excluding hydrogens is 314 g/mol. The zero-order valence-corrected chi connectivity index (χ0v) is 14.1. The molecular formula is C16H21N3O3S. The van der Waals surface area contributed by atoms with E-state index in [1.165, 1.54) is 12.5 Å². The van der Waals surface area contributed by atoms with E-state index >= 15 is 0 Å². The smallest absolute Gasteiger partial charge is 0.238 e. The molecule has 1 heterocycles. The van der Waals surface area contributed by atoms with E-state index in [4.69, 9.17) is 0 Å². The first-order valence-electron chi connectivity index (χ1n) is 7.38. The lowest BCUT2D eigenvalue weighted by atomic mass is 10.2. The summed E-state index contributed by atoms with van der Waals surface area (Å²) in [6, 6.07) is 10.0. The van der Waals surface area contributed by atoms with Crippen LogP contribution in [0.25, 0.3) is 0 Å². The van der Waals surface area contributed by atoms with Gasteiger partial charge in [-0.15, -0.1) is 0 Å². The number of hydrogen-bond donors (Lipinski definition) is 1. The summed E-state index contributed by atoms with van der Waals surface area (Å²) in [6.07, 6.45) is 5.22. The van der Waals surface area contributed by atoms with Crippen LogP contribution in [0, 0.1) is 0 Å². The number of amides is 1. The van der Waals surface area contributed by atoms with Crippen LogP contribution >= 0.6 is 0 Å².